The van der Waals surface area contributed by atoms with Crippen molar-refractivity contribution >= 4 is 16.0 Å². The fourth-order valence-corrected chi connectivity index (χ4v) is 4.16. The van der Waals surface area contributed by atoms with E-state index < -0.39 is 16.0 Å². The number of carbonyl (C=O) groups is 1. The van der Waals surface area contributed by atoms with Gasteiger partial charge in [0, 0.05) is 12.1 Å². The fourth-order valence-electron chi connectivity index (χ4n) is 2.91. The van der Waals surface area contributed by atoms with Gasteiger partial charge in [0.25, 0.3) is 0 Å². The van der Waals surface area contributed by atoms with Gasteiger partial charge in [-0.3, -0.25) is 0 Å². The van der Waals surface area contributed by atoms with Crippen molar-refractivity contribution in [3.63, 3.8) is 0 Å². The highest BCUT2D eigenvalue weighted by Gasteiger charge is 2.27. The van der Waals surface area contributed by atoms with E-state index in [1.807, 2.05) is 6.92 Å². The highest BCUT2D eigenvalue weighted by atomic mass is 32.2. The van der Waals surface area contributed by atoms with E-state index in [1.165, 1.54) is 0 Å². The van der Waals surface area contributed by atoms with Crippen molar-refractivity contribution in [2.75, 3.05) is 0 Å². The van der Waals surface area contributed by atoms with Crippen molar-refractivity contribution in [3.8, 4) is 5.75 Å². The third kappa shape index (κ3) is 3.81. The molecule has 6 heteroatoms. The molecule has 25 heavy (non-hydrogen) atoms. The van der Waals surface area contributed by atoms with Crippen LogP contribution in [0.25, 0.3) is 0 Å². The lowest BCUT2D eigenvalue weighted by atomic mass is 10.1. The molecule has 0 saturated carbocycles. The van der Waals surface area contributed by atoms with E-state index >= 15 is 0 Å². The second-order valence-corrected chi connectivity index (χ2v) is 7.73. The first kappa shape index (κ1) is 17.4. The Hall–Kier alpha value is -2.44. The minimum atomic E-state index is -3.58. The molecule has 5 nitrogen and oxygen atoms in total. The number of sulfonamides is 1. The van der Waals surface area contributed by atoms with E-state index in [9.17, 15) is 13.2 Å². The maximum absolute atomic E-state index is 12.6. The lowest BCUT2D eigenvalue weighted by Crippen LogP contribution is -2.27. The predicted molar refractivity (Wildman–Crippen MR) is 94.8 cm³/mol. The summed E-state index contributed by atoms with van der Waals surface area (Å²) >= 11 is 0. The summed E-state index contributed by atoms with van der Waals surface area (Å²) in [5.74, 6) is -0.0831. The maximum atomic E-state index is 12.6. The van der Waals surface area contributed by atoms with Crippen LogP contribution < -0.4 is 9.46 Å². The van der Waals surface area contributed by atoms with Crippen molar-refractivity contribution in [2.45, 2.75) is 30.7 Å². The third-order valence-electron chi connectivity index (χ3n) is 4.21. The Kier molecular flexibility index (Phi) is 4.74. The summed E-state index contributed by atoms with van der Waals surface area (Å²) in [7, 11) is -3.58. The molecule has 0 radical (unpaired) electrons. The minimum Gasteiger partial charge on any atom is -0.423 e. The molecule has 0 bridgehead atoms. The summed E-state index contributed by atoms with van der Waals surface area (Å²) in [5, 5.41) is 0. The number of fused-ring (bicyclic) bond motifs is 1. The smallest absolute Gasteiger partial charge is 0.335 e. The lowest BCUT2D eigenvalue weighted by Gasteiger charge is -2.15. The number of hydrogen-bond donors (Lipinski definition) is 1. The van der Waals surface area contributed by atoms with Gasteiger partial charge in [-0.25, -0.2) is 17.9 Å². The Morgan fingerprint density at radius 2 is 1.96 bits per heavy atom. The molecule has 2 aromatic carbocycles. The maximum Gasteiger partial charge on any atom is 0.335 e. The van der Waals surface area contributed by atoms with Crippen LogP contribution in [0.4, 0.5) is 0 Å². The van der Waals surface area contributed by atoms with Crippen molar-refractivity contribution in [1.82, 2.24) is 4.72 Å². The van der Waals surface area contributed by atoms with E-state index in [0.29, 0.717) is 12.2 Å². The summed E-state index contributed by atoms with van der Waals surface area (Å²) in [6, 6.07) is 11.7. The molecule has 1 unspecified atom stereocenters. The van der Waals surface area contributed by atoms with Gasteiger partial charge in [0.2, 0.25) is 10.0 Å². The zero-order chi connectivity index (χ0) is 18.0. The van der Waals surface area contributed by atoms with E-state index in [4.69, 9.17) is 4.74 Å². The van der Waals surface area contributed by atoms with E-state index in [1.54, 1.807) is 42.5 Å². The predicted octanol–water partition coefficient (Wildman–Crippen LogP) is 3.05. The van der Waals surface area contributed by atoms with Crippen molar-refractivity contribution in [2.24, 2.45) is 0 Å². The van der Waals surface area contributed by atoms with Crippen LogP contribution in [0.3, 0.4) is 0 Å². The Bertz CT molecular complexity index is 917. The summed E-state index contributed by atoms with van der Waals surface area (Å²) in [6.45, 7) is 5.28. The van der Waals surface area contributed by atoms with Crippen molar-refractivity contribution in [3.05, 3.63) is 71.8 Å². The number of hydrogen-bond acceptors (Lipinski definition) is 4. The lowest BCUT2D eigenvalue weighted by molar-refractivity contribution is -0.128. The molecule has 0 spiro atoms. The molecular formula is C19H19NO4S. The standard InChI is InChI=1S/C19H19NO4S/c1-3-19(21)24-15-7-10-17-14(12-15)6-11-18(17)20-25(22,23)16-8-4-13(2)5-9-16/h3-5,7-10,12,18,20H,1,6,11H2,2H3. The van der Waals surface area contributed by atoms with Gasteiger partial charge in [0.1, 0.15) is 5.75 Å². The van der Waals surface area contributed by atoms with Crippen LogP contribution in [0.15, 0.2) is 60.0 Å². The molecule has 1 aliphatic carbocycles. The Balaban J connectivity index is 1.80. The fraction of sp³-hybridized carbons (Fsp3) is 0.211. The van der Waals surface area contributed by atoms with E-state index in [-0.39, 0.29) is 10.9 Å². The first-order chi connectivity index (χ1) is 11.9. The quantitative estimate of drug-likeness (QED) is 0.507. The Labute approximate surface area is 147 Å². The second-order valence-electron chi connectivity index (χ2n) is 6.01. The van der Waals surface area contributed by atoms with E-state index in [2.05, 4.69) is 11.3 Å². The zero-order valence-electron chi connectivity index (χ0n) is 13.9. The molecule has 1 aliphatic rings. The average Bonchev–Trinajstić information content (AvgIpc) is 2.96. The summed E-state index contributed by atoms with van der Waals surface area (Å²) in [5.41, 5.74) is 2.90. The van der Waals surface area contributed by atoms with Gasteiger partial charge < -0.3 is 4.74 Å². The second kappa shape index (κ2) is 6.82. The van der Waals surface area contributed by atoms with Crippen LogP contribution in [-0.4, -0.2) is 14.4 Å². The SMILES string of the molecule is C=CC(=O)Oc1ccc2c(c1)CCC2NS(=O)(=O)c1ccc(C)cc1. The highest BCUT2D eigenvalue weighted by Crippen LogP contribution is 2.34. The Morgan fingerprint density at radius 3 is 2.64 bits per heavy atom. The first-order valence-corrected chi connectivity index (χ1v) is 9.43. The number of aryl methyl sites for hydroxylation is 2. The van der Waals surface area contributed by atoms with Crippen molar-refractivity contribution in [1.29, 1.82) is 0 Å². The third-order valence-corrected chi connectivity index (χ3v) is 5.69. The number of esters is 1. The molecular weight excluding hydrogens is 338 g/mol. The van der Waals surface area contributed by atoms with Crippen LogP contribution in [0.1, 0.15) is 29.2 Å². The van der Waals surface area contributed by atoms with Crippen LogP contribution >= 0.6 is 0 Å². The van der Waals surface area contributed by atoms with Gasteiger partial charge in [-0.05, 0) is 55.2 Å². The Morgan fingerprint density at radius 1 is 1.24 bits per heavy atom. The molecule has 1 atom stereocenters. The van der Waals surface area contributed by atoms with Gasteiger partial charge >= 0.3 is 5.97 Å². The van der Waals surface area contributed by atoms with Crippen LogP contribution in [0.5, 0.6) is 5.75 Å². The van der Waals surface area contributed by atoms with Gasteiger partial charge in [0.15, 0.2) is 0 Å². The topological polar surface area (TPSA) is 72.5 Å². The van der Waals surface area contributed by atoms with Crippen LogP contribution in [0.2, 0.25) is 0 Å². The molecule has 3 rings (SSSR count). The molecule has 0 aliphatic heterocycles. The molecule has 0 amide bonds. The number of carbonyl (C=O) groups excluding carboxylic acids is 1. The highest BCUT2D eigenvalue weighted by molar-refractivity contribution is 7.89. The van der Waals surface area contributed by atoms with Crippen LogP contribution in [-0.2, 0) is 21.2 Å². The number of nitrogens with one attached hydrogen (secondary N) is 1. The summed E-state index contributed by atoms with van der Waals surface area (Å²) in [6.07, 6.45) is 2.49. The molecule has 130 valence electrons. The number of rotatable bonds is 5. The summed E-state index contributed by atoms with van der Waals surface area (Å²) < 4.78 is 33.0. The van der Waals surface area contributed by atoms with Gasteiger partial charge in [-0.1, -0.05) is 30.3 Å². The van der Waals surface area contributed by atoms with Crippen LogP contribution in [0, 0.1) is 6.92 Å². The molecule has 0 saturated heterocycles. The molecule has 1 N–H and O–H groups in total. The number of benzene rings is 2. The average molecular weight is 357 g/mol. The normalized spacial score (nSPS) is 16.3. The molecule has 0 aromatic heterocycles. The monoisotopic (exact) mass is 357 g/mol. The van der Waals surface area contributed by atoms with Gasteiger partial charge in [-0.2, -0.15) is 0 Å². The molecule has 0 heterocycles. The summed E-state index contributed by atoms with van der Waals surface area (Å²) in [4.78, 5) is 11.5. The first-order valence-electron chi connectivity index (χ1n) is 7.95. The van der Waals surface area contributed by atoms with Gasteiger partial charge in [-0.15, -0.1) is 0 Å². The molecule has 0 fully saturated rings. The van der Waals surface area contributed by atoms with Gasteiger partial charge in [0.05, 0.1) is 4.90 Å². The largest absolute Gasteiger partial charge is 0.423 e. The molecule has 2 aromatic rings. The number of ether oxygens (including phenoxy) is 1. The minimum absolute atomic E-state index is 0.253. The van der Waals surface area contributed by atoms with Crippen molar-refractivity contribution < 1.29 is 17.9 Å². The zero-order valence-corrected chi connectivity index (χ0v) is 14.7. The van der Waals surface area contributed by atoms with E-state index in [0.717, 1.165) is 29.2 Å².